The molecule has 0 N–H and O–H groups in total. The first-order valence-electron chi connectivity index (χ1n) is 9.58. The minimum Gasteiger partial charge on any atom is -0.305 e. The van der Waals surface area contributed by atoms with Crippen LogP contribution in [-0.2, 0) is 28.4 Å². The number of ketones is 1. The summed E-state index contributed by atoms with van der Waals surface area (Å²) < 4.78 is 15.0. The molecule has 2 aliphatic carbocycles. The Balaban J connectivity index is 0.000000401. The fourth-order valence-electron chi connectivity index (χ4n) is 3.29. The van der Waals surface area contributed by atoms with Crippen molar-refractivity contribution in [3.05, 3.63) is 105 Å². The van der Waals surface area contributed by atoms with Crippen LogP contribution in [-0.4, -0.2) is 33.2 Å². The quantitative estimate of drug-likeness (QED) is 0.511. The van der Waals surface area contributed by atoms with E-state index in [-0.39, 0.29) is 22.6 Å². The van der Waals surface area contributed by atoms with Crippen LogP contribution in [0.15, 0.2) is 24.4 Å². The van der Waals surface area contributed by atoms with Crippen LogP contribution in [0.3, 0.4) is 0 Å². The second kappa shape index (κ2) is 11.0. The summed E-state index contributed by atoms with van der Waals surface area (Å²) in [6.45, 7) is 0.914. The van der Waals surface area contributed by atoms with E-state index in [1.807, 2.05) is 64.0 Å². The molecule has 10 radical (unpaired) electrons. The van der Waals surface area contributed by atoms with E-state index < -0.39 is 17.5 Å². The average molecular weight is 458 g/mol. The Hall–Kier alpha value is -2.05. The van der Waals surface area contributed by atoms with E-state index in [4.69, 9.17) is 0 Å². The van der Waals surface area contributed by atoms with Crippen molar-refractivity contribution >= 4 is 17.4 Å². The number of amides is 1. The fourth-order valence-corrected chi connectivity index (χ4v) is 3.29. The van der Waals surface area contributed by atoms with Crippen LogP contribution in [0.1, 0.15) is 22.5 Å². The third-order valence-electron chi connectivity index (χ3n) is 4.75. The van der Waals surface area contributed by atoms with Crippen molar-refractivity contribution in [3.63, 3.8) is 0 Å². The molecule has 1 aromatic carbocycles. The number of Topliss-reactive ketones (excluding diaryl/α,β-unsaturated/α-hetero) is 1. The van der Waals surface area contributed by atoms with Crippen molar-refractivity contribution < 1.29 is 31.0 Å². The number of carbonyl (C=O) groups is 2. The molecule has 1 amide bonds. The zero-order valence-electron chi connectivity index (χ0n) is 16.5. The van der Waals surface area contributed by atoms with Gasteiger partial charge < -0.3 is 4.90 Å². The van der Waals surface area contributed by atoms with E-state index in [1.165, 1.54) is 17.0 Å². The molecule has 2 aromatic rings. The van der Waals surface area contributed by atoms with Gasteiger partial charge in [0.1, 0.15) is 5.82 Å². The predicted octanol–water partition coefficient (Wildman–Crippen LogP) is 2.81. The number of hydrogen-bond acceptors (Lipinski definition) is 4. The van der Waals surface area contributed by atoms with Gasteiger partial charge in [-0.1, -0.05) is 5.21 Å². The summed E-state index contributed by atoms with van der Waals surface area (Å²) in [5.41, 5.74) is 1.38. The van der Waals surface area contributed by atoms with E-state index in [1.54, 1.807) is 4.68 Å². The summed E-state index contributed by atoms with van der Waals surface area (Å²) in [7, 11) is 0. The first-order valence-corrected chi connectivity index (χ1v) is 9.58. The zero-order chi connectivity index (χ0) is 20.9. The van der Waals surface area contributed by atoms with E-state index in [9.17, 15) is 14.0 Å². The van der Waals surface area contributed by atoms with Crippen molar-refractivity contribution in [3.8, 4) is 0 Å². The monoisotopic (exact) mass is 458 g/mol. The van der Waals surface area contributed by atoms with Crippen LogP contribution >= 0.6 is 0 Å². The van der Waals surface area contributed by atoms with Gasteiger partial charge in [-0.25, -0.2) is 4.39 Å². The van der Waals surface area contributed by atoms with E-state index >= 15 is 0 Å². The normalized spacial score (nSPS) is 18.0. The van der Waals surface area contributed by atoms with Crippen molar-refractivity contribution in [1.29, 1.82) is 0 Å². The fraction of sp³-hybridized carbons (Fsp3) is 0.130. The second-order valence-corrected chi connectivity index (χ2v) is 6.80. The Kier molecular flexibility index (Phi) is 8.38. The average Bonchev–Trinajstić information content (AvgIpc) is 3.54. The molecule has 3 aliphatic rings. The molecule has 6 nitrogen and oxygen atoms in total. The summed E-state index contributed by atoms with van der Waals surface area (Å²) in [5, 5.41) is 8.19. The van der Waals surface area contributed by atoms with Crippen molar-refractivity contribution in [2.24, 2.45) is 0 Å². The smallest absolute Gasteiger partial charge is 0.305 e. The maximum Gasteiger partial charge on any atom is 2.00 e. The van der Waals surface area contributed by atoms with Crippen LogP contribution in [0, 0.1) is 69.5 Å². The molecule has 0 unspecified atom stereocenters. The Morgan fingerprint density at radius 2 is 1.58 bits per heavy atom. The van der Waals surface area contributed by atoms with Gasteiger partial charge in [-0.05, 0) is 82.4 Å². The third kappa shape index (κ3) is 5.60. The number of halogens is 1. The number of aromatic nitrogens is 3. The number of fused-ring (bicyclic) bond motifs is 1. The number of rotatable bonds is 5. The SMILES string of the molecule is O=C1C(=O)N(CCCn2cc([C]3[CH][CH][CH][CH]3)nn2)c2ccc(F)cc21.[CH]1[CH][CH][CH][CH]1.[Fe+2]. The molecule has 156 valence electrons. The molecule has 1 aliphatic heterocycles. The summed E-state index contributed by atoms with van der Waals surface area (Å²) in [6, 6.07) is 3.83. The molecular weight excluding hydrogens is 439 g/mol. The number of carbonyl (C=O) groups excluding carboxylic acids is 2. The molecule has 0 bridgehead atoms. The molecular formula is C23H19FFeN4O2+2. The van der Waals surface area contributed by atoms with Gasteiger partial charge in [0, 0.05) is 25.2 Å². The van der Waals surface area contributed by atoms with Gasteiger partial charge in [0.05, 0.1) is 16.9 Å². The van der Waals surface area contributed by atoms with Gasteiger partial charge in [0.2, 0.25) is 0 Å². The van der Waals surface area contributed by atoms with Crippen molar-refractivity contribution in [1.82, 2.24) is 15.0 Å². The molecule has 2 fully saturated rings. The Morgan fingerprint density at radius 3 is 2.26 bits per heavy atom. The summed E-state index contributed by atoms with van der Waals surface area (Å²) in [6.07, 6.45) is 20.2. The first kappa shape index (κ1) is 23.6. The topological polar surface area (TPSA) is 68.1 Å². The zero-order valence-corrected chi connectivity index (χ0v) is 17.6. The van der Waals surface area contributed by atoms with Gasteiger partial charge in [-0.2, -0.15) is 0 Å². The molecule has 31 heavy (non-hydrogen) atoms. The van der Waals surface area contributed by atoms with Gasteiger partial charge in [0.25, 0.3) is 11.7 Å². The minimum absolute atomic E-state index is 0. The van der Waals surface area contributed by atoms with Gasteiger partial charge in [0.15, 0.2) is 0 Å². The van der Waals surface area contributed by atoms with Gasteiger partial charge in [-0.15, -0.1) is 5.10 Å². The molecule has 1 aromatic heterocycles. The van der Waals surface area contributed by atoms with Crippen LogP contribution in [0.4, 0.5) is 10.1 Å². The molecule has 0 atom stereocenters. The second-order valence-electron chi connectivity index (χ2n) is 6.80. The standard InChI is InChI=1S/C18H14FN4O2.C5H5.Fe/c19-13-6-7-16-14(10-13)17(24)18(25)23(16)9-3-8-22-11-15(20-21-22)12-4-1-2-5-12;1-2-4-5-3-1;/h1-2,4-7,10-11H,3,8-9H2;1-5H;/q;;+2. The Morgan fingerprint density at radius 1 is 0.903 bits per heavy atom. The number of nitrogens with zero attached hydrogens (tertiary/aromatic N) is 4. The number of aryl methyl sites for hydroxylation is 1. The van der Waals surface area contributed by atoms with Crippen LogP contribution < -0.4 is 4.90 Å². The molecule has 0 saturated heterocycles. The van der Waals surface area contributed by atoms with Gasteiger partial charge >= 0.3 is 17.1 Å². The Bertz CT molecular complexity index is 899. The summed E-state index contributed by atoms with van der Waals surface area (Å²) >= 11 is 0. The van der Waals surface area contributed by atoms with E-state index in [0.717, 1.165) is 17.7 Å². The largest absolute Gasteiger partial charge is 2.00 e. The number of hydrogen-bond donors (Lipinski definition) is 0. The molecule has 0 spiro atoms. The first-order chi connectivity index (χ1) is 14.6. The summed E-state index contributed by atoms with van der Waals surface area (Å²) in [4.78, 5) is 25.4. The van der Waals surface area contributed by atoms with Crippen molar-refractivity contribution in [2.45, 2.75) is 13.0 Å². The maximum absolute atomic E-state index is 13.3. The Labute approximate surface area is 193 Å². The van der Waals surface area contributed by atoms with E-state index in [2.05, 4.69) is 10.3 Å². The minimum atomic E-state index is -0.659. The summed E-state index contributed by atoms with van der Waals surface area (Å²) in [5.74, 6) is -0.794. The van der Waals surface area contributed by atoms with E-state index in [0.29, 0.717) is 25.2 Å². The van der Waals surface area contributed by atoms with Gasteiger partial charge in [-0.3, -0.25) is 14.3 Å². The number of anilines is 1. The molecule has 5 rings (SSSR count). The number of benzene rings is 1. The van der Waals surface area contributed by atoms with Crippen LogP contribution in [0.2, 0.25) is 0 Å². The van der Waals surface area contributed by atoms with Crippen LogP contribution in [0.25, 0.3) is 0 Å². The van der Waals surface area contributed by atoms with Crippen LogP contribution in [0.5, 0.6) is 0 Å². The maximum atomic E-state index is 13.3. The molecule has 2 heterocycles. The molecule has 2 saturated carbocycles. The van der Waals surface area contributed by atoms with Crippen molar-refractivity contribution in [2.75, 3.05) is 11.4 Å². The third-order valence-corrected chi connectivity index (χ3v) is 4.75. The predicted molar refractivity (Wildman–Crippen MR) is 109 cm³/mol. The molecule has 8 heteroatoms.